The number of nitrogens with two attached hydrogens (primary N) is 1. The van der Waals surface area contributed by atoms with Gasteiger partial charge >= 0.3 is 0 Å². The minimum Gasteiger partial charge on any atom is -0.330 e. The van der Waals surface area contributed by atoms with E-state index in [1.165, 1.54) is 36.4 Å². The molecule has 1 saturated carbocycles. The molecule has 4 heteroatoms. The Hall–Kier alpha value is -0.450. The quantitative estimate of drug-likeness (QED) is 0.892. The maximum atomic E-state index is 5.56. The molecule has 2 N–H and O–H groups in total. The fourth-order valence-electron chi connectivity index (χ4n) is 2.98. The Labute approximate surface area is 114 Å². The van der Waals surface area contributed by atoms with Gasteiger partial charge in [-0.2, -0.15) is 0 Å². The summed E-state index contributed by atoms with van der Waals surface area (Å²) in [6.45, 7) is 4.07. The first-order valence-electron chi connectivity index (χ1n) is 7.04. The van der Waals surface area contributed by atoms with Crippen LogP contribution in [0.2, 0.25) is 0 Å². The van der Waals surface area contributed by atoms with Crippen molar-refractivity contribution in [3.63, 3.8) is 0 Å². The lowest BCUT2D eigenvalue weighted by molar-refractivity contribution is 0.132. The van der Waals surface area contributed by atoms with Gasteiger partial charge in [0.05, 0.1) is 10.7 Å². The van der Waals surface area contributed by atoms with Crippen molar-refractivity contribution in [3.05, 3.63) is 16.1 Å². The van der Waals surface area contributed by atoms with Crippen molar-refractivity contribution in [2.75, 3.05) is 13.6 Å². The maximum absolute atomic E-state index is 5.56. The van der Waals surface area contributed by atoms with E-state index >= 15 is 0 Å². The highest BCUT2D eigenvalue weighted by Crippen LogP contribution is 2.28. The Kier molecular flexibility index (Phi) is 5.15. The van der Waals surface area contributed by atoms with Gasteiger partial charge in [0, 0.05) is 24.4 Å². The van der Waals surface area contributed by atoms with Gasteiger partial charge in [0.15, 0.2) is 0 Å². The van der Waals surface area contributed by atoms with Crippen molar-refractivity contribution >= 4 is 11.3 Å². The molecule has 1 aromatic heterocycles. The van der Waals surface area contributed by atoms with Crippen LogP contribution in [0.5, 0.6) is 0 Å². The minimum atomic E-state index is 0.697. The molecule has 0 radical (unpaired) electrons. The van der Waals surface area contributed by atoms with Crippen molar-refractivity contribution in [3.8, 4) is 0 Å². The minimum absolute atomic E-state index is 0.697. The zero-order valence-electron chi connectivity index (χ0n) is 11.6. The number of rotatable bonds is 5. The largest absolute Gasteiger partial charge is 0.330 e. The Bertz CT molecular complexity index is 364. The van der Waals surface area contributed by atoms with Crippen LogP contribution in [-0.4, -0.2) is 29.5 Å². The Morgan fingerprint density at radius 2 is 2.22 bits per heavy atom. The molecule has 102 valence electrons. The van der Waals surface area contributed by atoms with Crippen molar-refractivity contribution < 1.29 is 0 Å². The van der Waals surface area contributed by atoms with Crippen LogP contribution in [0, 0.1) is 5.92 Å². The first kappa shape index (κ1) is 14.0. The SMILES string of the molecule is CC1CCCCC1N(C)Cc1csc(CCN)n1. The number of hydrogen-bond donors (Lipinski definition) is 1. The van der Waals surface area contributed by atoms with Gasteiger partial charge in [-0.15, -0.1) is 11.3 Å². The van der Waals surface area contributed by atoms with Crippen molar-refractivity contribution in [1.29, 1.82) is 0 Å². The monoisotopic (exact) mass is 267 g/mol. The van der Waals surface area contributed by atoms with Crippen LogP contribution < -0.4 is 5.73 Å². The van der Waals surface area contributed by atoms with Gasteiger partial charge in [-0.3, -0.25) is 4.90 Å². The molecule has 0 aromatic carbocycles. The molecule has 3 nitrogen and oxygen atoms in total. The highest BCUT2D eigenvalue weighted by Gasteiger charge is 2.25. The third kappa shape index (κ3) is 3.53. The molecule has 1 aromatic rings. The van der Waals surface area contributed by atoms with Crippen molar-refractivity contribution in [2.45, 2.75) is 51.6 Å². The van der Waals surface area contributed by atoms with Crippen LogP contribution in [0.15, 0.2) is 5.38 Å². The lowest BCUT2D eigenvalue weighted by atomic mass is 9.85. The Morgan fingerprint density at radius 1 is 1.44 bits per heavy atom. The predicted molar refractivity (Wildman–Crippen MR) is 77.8 cm³/mol. The number of thiazole rings is 1. The van der Waals surface area contributed by atoms with Crippen LogP contribution in [-0.2, 0) is 13.0 Å². The summed E-state index contributed by atoms with van der Waals surface area (Å²) in [4.78, 5) is 7.15. The summed E-state index contributed by atoms with van der Waals surface area (Å²) >= 11 is 1.75. The van der Waals surface area contributed by atoms with E-state index in [2.05, 4.69) is 29.2 Å². The van der Waals surface area contributed by atoms with Crippen LogP contribution in [0.4, 0.5) is 0 Å². The average molecular weight is 267 g/mol. The molecule has 1 aliphatic rings. The molecule has 0 amide bonds. The standard InChI is InChI=1S/C14H25N3S/c1-11-5-3-4-6-13(11)17(2)9-12-10-18-14(16-12)7-8-15/h10-11,13H,3-9,15H2,1-2H3. The number of nitrogens with zero attached hydrogens (tertiary/aromatic N) is 2. The summed E-state index contributed by atoms with van der Waals surface area (Å²) in [6.07, 6.45) is 6.42. The molecule has 18 heavy (non-hydrogen) atoms. The molecule has 0 spiro atoms. The second kappa shape index (κ2) is 6.64. The molecular formula is C14H25N3S. The molecule has 2 rings (SSSR count). The lowest BCUT2D eigenvalue weighted by Gasteiger charge is -2.35. The highest BCUT2D eigenvalue weighted by atomic mass is 32.1. The second-order valence-electron chi connectivity index (χ2n) is 5.52. The summed E-state index contributed by atoms with van der Waals surface area (Å²) in [5.41, 5.74) is 6.77. The van der Waals surface area contributed by atoms with E-state index in [0.717, 1.165) is 24.9 Å². The molecule has 0 bridgehead atoms. The van der Waals surface area contributed by atoms with Gasteiger partial charge in [0.25, 0.3) is 0 Å². The summed E-state index contributed by atoms with van der Waals surface area (Å²) in [7, 11) is 2.24. The van der Waals surface area contributed by atoms with Gasteiger partial charge in [-0.05, 0) is 32.4 Å². The van der Waals surface area contributed by atoms with Gasteiger partial charge < -0.3 is 5.73 Å². The zero-order chi connectivity index (χ0) is 13.0. The van der Waals surface area contributed by atoms with Crippen LogP contribution in [0.3, 0.4) is 0 Å². The molecule has 1 fully saturated rings. The third-order valence-electron chi connectivity index (χ3n) is 4.00. The van der Waals surface area contributed by atoms with E-state index < -0.39 is 0 Å². The fourth-order valence-corrected chi connectivity index (χ4v) is 3.79. The Morgan fingerprint density at radius 3 is 2.94 bits per heavy atom. The van der Waals surface area contributed by atoms with E-state index in [9.17, 15) is 0 Å². The molecule has 2 unspecified atom stereocenters. The van der Waals surface area contributed by atoms with Gasteiger partial charge in [0.1, 0.15) is 0 Å². The highest BCUT2D eigenvalue weighted by molar-refractivity contribution is 7.09. The fraction of sp³-hybridized carbons (Fsp3) is 0.786. The summed E-state index contributed by atoms with van der Waals surface area (Å²) in [5.74, 6) is 0.825. The molecule has 0 saturated heterocycles. The normalized spacial score (nSPS) is 24.7. The zero-order valence-corrected chi connectivity index (χ0v) is 12.4. The van der Waals surface area contributed by atoms with E-state index in [1.807, 2.05) is 0 Å². The summed E-state index contributed by atoms with van der Waals surface area (Å²) in [6, 6.07) is 0.735. The van der Waals surface area contributed by atoms with E-state index in [1.54, 1.807) is 11.3 Å². The summed E-state index contributed by atoms with van der Waals surface area (Å²) in [5, 5.41) is 3.37. The molecule has 1 aliphatic carbocycles. The van der Waals surface area contributed by atoms with Gasteiger partial charge in [-0.1, -0.05) is 19.8 Å². The van der Waals surface area contributed by atoms with Crippen molar-refractivity contribution in [2.24, 2.45) is 11.7 Å². The van der Waals surface area contributed by atoms with Gasteiger partial charge in [-0.25, -0.2) is 4.98 Å². The van der Waals surface area contributed by atoms with Crippen LogP contribution in [0.25, 0.3) is 0 Å². The van der Waals surface area contributed by atoms with E-state index in [4.69, 9.17) is 5.73 Å². The third-order valence-corrected chi connectivity index (χ3v) is 4.96. The van der Waals surface area contributed by atoms with Gasteiger partial charge in [0.2, 0.25) is 0 Å². The van der Waals surface area contributed by atoms with Crippen molar-refractivity contribution in [1.82, 2.24) is 9.88 Å². The van der Waals surface area contributed by atoms with E-state index in [-0.39, 0.29) is 0 Å². The average Bonchev–Trinajstić information content (AvgIpc) is 2.77. The summed E-state index contributed by atoms with van der Waals surface area (Å²) < 4.78 is 0. The first-order chi connectivity index (χ1) is 8.70. The topological polar surface area (TPSA) is 42.1 Å². The second-order valence-corrected chi connectivity index (χ2v) is 6.46. The predicted octanol–water partition coefficient (Wildman–Crippen LogP) is 2.65. The van der Waals surface area contributed by atoms with Crippen LogP contribution >= 0.6 is 11.3 Å². The Balaban J connectivity index is 1.90. The molecular weight excluding hydrogens is 242 g/mol. The molecule has 2 atom stereocenters. The van der Waals surface area contributed by atoms with Crippen LogP contribution in [0.1, 0.15) is 43.3 Å². The molecule has 1 heterocycles. The lowest BCUT2D eigenvalue weighted by Crippen LogP contribution is -2.38. The number of hydrogen-bond acceptors (Lipinski definition) is 4. The maximum Gasteiger partial charge on any atom is 0.0941 e. The van der Waals surface area contributed by atoms with E-state index in [0.29, 0.717) is 6.54 Å². The molecule has 0 aliphatic heterocycles. The smallest absolute Gasteiger partial charge is 0.0941 e. The number of aromatic nitrogens is 1. The first-order valence-corrected chi connectivity index (χ1v) is 7.92.